The Morgan fingerprint density at radius 2 is 0.833 bits per heavy atom. The summed E-state index contributed by atoms with van der Waals surface area (Å²) in [6.45, 7) is 4.90. The summed E-state index contributed by atoms with van der Waals surface area (Å²) in [5.41, 5.74) is 2.76. The van der Waals surface area contributed by atoms with Crippen LogP contribution in [0, 0.1) is 11.8 Å². The topological polar surface area (TPSA) is 754 Å². The van der Waals surface area contributed by atoms with Crippen molar-refractivity contribution < 1.29 is 147 Å². The van der Waals surface area contributed by atoms with Gasteiger partial charge in [0, 0.05) is 44.2 Å². The zero-order valence-corrected chi connectivity index (χ0v) is 77.4. The largest absolute Gasteiger partial charge is 0.508 e. The van der Waals surface area contributed by atoms with Crippen LogP contribution in [0.3, 0.4) is 0 Å². The molecule has 0 saturated carbocycles. The number of aromatic amines is 1. The van der Waals surface area contributed by atoms with Gasteiger partial charge in [0.15, 0.2) is 0 Å². The van der Waals surface area contributed by atoms with E-state index in [1.807, 2.05) is 53.8 Å². The number of aliphatic carboxylic acids is 3. The Hall–Kier alpha value is -14.6. The second kappa shape index (κ2) is 54.3. The van der Waals surface area contributed by atoms with Crippen LogP contribution in [0.1, 0.15) is 128 Å². The highest BCUT2D eigenvalue weighted by Crippen LogP contribution is 2.44. The molecule has 5 aromatic rings. The minimum atomic E-state index is -2.20. The highest BCUT2D eigenvalue weighted by molar-refractivity contribution is 7.96. The van der Waals surface area contributed by atoms with Gasteiger partial charge >= 0.3 is 24.0 Å². The van der Waals surface area contributed by atoms with E-state index >= 15 is 0 Å². The number of amides is 16. The van der Waals surface area contributed by atoms with E-state index in [-0.39, 0.29) is 42.6 Å². The number of carboxylic acids is 3. The summed E-state index contributed by atoms with van der Waals surface area (Å²) in [6, 6.07) is 4.00. The maximum atomic E-state index is 14.4. The van der Waals surface area contributed by atoms with Gasteiger partial charge in [0.1, 0.15) is 96.4 Å². The highest BCUT2D eigenvalue weighted by Gasteiger charge is 2.42. The Morgan fingerprint density at radius 1 is 0.428 bits per heavy atom. The maximum absolute atomic E-state index is 14.4. The van der Waals surface area contributed by atoms with Crippen molar-refractivity contribution in [2.45, 2.75) is 215 Å². The van der Waals surface area contributed by atoms with Crippen LogP contribution < -0.4 is 85.1 Å². The minimum absolute atomic E-state index is 0.119. The van der Waals surface area contributed by atoms with Gasteiger partial charge in [-0.15, -0.1) is 12.6 Å². The first-order valence-corrected chi connectivity index (χ1v) is 44.1. The summed E-state index contributed by atoms with van der Waals surface area (Å²) >= 11 is 3.59. The molecule has 0 saturated heterocycles. The molecule has 750 valence electrons. The number of aliphatic hydroxyl groups excluding tert-OH is 5. The van der Waals surface area contributed by atoms with E-state index in [4.69, 9.17) is 4.74 Å². The van der Waals surface area contributed by atoms with Crippen LogP contribution in [-0.2, 0) is 115 Å². The fourth-order valence-electron chi connectivity index (χ4n) is 14.1. The SMILES string of the molecule is CC(C)C[C@H](NC(=O)[C@H](Cc1ccc(O)cc1)NC(=O)[C@H](CO)NC(=O)[C@H](CO)NC(=O)[C@@H](NC(=O)[C@H](CC(=O)O)NC(=O)[C@H](CO)NC(=O)[C@@H](NC(=O)[C@H](Cc1ccccc1)NC(=O)[C@@H](NC(=O)CNC(=O)[C@H](CCC(=O)O)NC(=O)C(C)(C)NC(=O)[C@H](Cc1c[nH]cn1)NC(=O)OCC1c2ccccc2-c2ccccc21)[C@@H](C)O)[C@@H](C)O)C(C)C)C(=O)N[C@@H](CCC(=O)O)C(=O)NCC(=O)S. The molecule has 26 N–H and O–H groups in total. The third kappa shape index (κ3) is 35.6. The zero-order chi connectivity index (χ0) is 103. The van der Waals surface area contributed by atoms with Crippen molar-refractivity contribution in [3.63, 3.8) is 0 Å². The molecule has 0 bridgehead atoms. The number of hydrogen-bond acceptors (Lipinski definition) is 28. The Bertz CT molecular complexity index is 5100. The fraction of sp³-hybridized carbons (Fsp3) is 0.472. The van der Waals surface area contributed by atoms with E-state index in [2.05, 4.69) is 102 Å². The van der Waals surface area contributed by atoms with Crippen LogP contribution in [0.2, 0.25) is 0 Å². The second-order valence-corrected chi connectivity index (χ2v) is 34.2. The number of hydrogen-bond donors (Lipinski definition) is 27. The number of carboxylic acid groups (broad SMARTS) is 3. The molecule has 0 fully saturated rings. The van der Waals surface area contributed by atoms with E-state index in [1.54, 1.807) is 19.9 Å². The molecular weight excluding hydrogens is 1830 g/mol. The Labute approximate surface area is 795 Å². The number of nitrogens with one attached hydrogen (secondary N) is 17. The first-order chi connectivity index (χ1) is 65.1. The molecule has 1 heterocycles. The number of carbonyl (C=O) groups is 20. The van der Waals surface area contributed by atoms with Gasteiger partial charge in [-0.05, 0) is 104 Å². The molecule has 138 heavy (non-hydrogen) atoms. The van der Waals surface area contributed by atoms with E-state index in [1.165, 1.54) is 88.8 Å². The lowest BCUT2D eigenvalue weighted by atomic mass is 9.98. The molecule has 4 aromatic carbocycles. The maximum Gasteiger partial charge on any atom is 0.407 e. The number of phenols is 1. The number of ether oxygens (including phenoxy) is 1. The monoisotopic (exact) mass is 1950 g/mol. The third-order valence-electron chi connectivity index (χ3n) is 21.4. The molecule has 0 aliphatic heterocycles. The smallest absolute Gasteiger partial charge is 0.407 e. The Balaban J connectivity index is 1.08. The summed E-state index contributed by atoms with van der Waals surface area (Å²) in [4.78, 5) is 277. The number of aromatic nitrogens is 2. The minimum Gasteiger partial charge on any atom is -0.508 e. The predicted octanol–water partition coefficient (Wildman–Crippen LogP) is -5.90. The van der Waals surface area contributed by atoms with Crippen LogP contribution in [0.25, 0.3) is 11.1 Å². The van der Waals surface area contributed by atoms with Crippen LogP contribution in [0.4, 0.5) is 4.79 Å². The number of imidazole rings is 1. The van der Waals surface area contributed by atoms with Gasteiger partial charge in [0.05, 0.1) is 63.6 Å². The van der Waals surface area contributed by atoms with Crippen LogP contribution in [0.5, 0.6) is 5.75 Å². The molecule has 1 aliphatic rings. The number of nitrogens with zero attached hydrogens (tertiary/aromatic N) is 1. The molecule has 1 aliphatic carbocycles. The normalized spacial score (nSPS) is 14.8. The van der Waals surface area contributed by atoms with Gasteiger partial charge in [-0.3, -0.25) is 91.1 Å². The van der Waals surface area contributed by atoms with Crippen molar-refractivity contribution in [1.29, 1.82) is 0 Å². The van der Waals surface area contributed by atoms with E-state index < -0.39 is 298 Å². The number of aromatic hydroxyl groups is 1. The summed E-state index contributed by atoms with van der Waals surface area (Å²) < 4.78 is 5.70. The summed E-state index contributed by atoms with van der Waals surface area (Å²) in [5, 5.41) is 128. The quantitative estimate of drug-likeness (QED) is 0.0161. The molecule has 1 aromatic heterocycles. The first-order valence-electron chi connectivity index (χ1n) is 43.6. The van der Waals surface area contributed by atoms with Gasteiger partial charge in [-0.1, -0.05) is 119 Å². The van der Waals surface area contributed by atoms with E-state index in [0.29, 0.717) is 11.3 Å². The van der Waals surface area contributed by atoms with Crippen LogP contribution in [0.15, 0.2) is 116 Å². The number of aliphatic hydroxyl groups is 5. The lowest BCUT2D eigenvalue weighted by Crippen LogP contribution is -2.63. The zero-order valence-electron chi connectivity index (χ0n) is 76.5. The molecule has 49 heteroatoms. The van der Waals surface area contributed by atoms with E-state index in [0.717, 1.165) is 36.1 Å². The third-order valence-corrected chi connectivity index (χ3v) is 21.6. The number of thiol groups is 1. The van der Waals surface area contributed by atoms with Gasteiger partial charge in [-0.2, -0.15) is 0 Å². The number of fused-ring (bicyclic) bond motifs is 3. The Kier molecular flexibility index (Phi) is 44.1. The average molecular weight is 1950 g/mol. The fourth-order valence-corrected chi connectivity index (χ4v) is 14.2. The lowest BCUT2D eigenvalue weighted by Gasteiger charge is -2.30. The van der Waals surface area contributed by atoms with Crippen LogP contribution in [-0.4, -0.2) is 309 Å². The first kappa shape index (κ1) is 112. The van der Waals surface area contributed by atoms with Crippen molar-refractivity contribution in [3.8, 4) is 16.9 Å². The number of alkyl carbamates (subject to hydrolysis) is 1. The molecule has 0 spiro atoms. The number of H-pyrrole nitrogens is 1. The lowest BCUT2D eigenvalue weighted by molar-refractivity contribution is -0.142. The van der Waals surface area contributed by atoms with Crippen molar-refractivity contribution >= 4 is 130 Å². The summed E-state index contributed by atoms with van der Waals surface area (Å²) in [5.74, 6) is -24.7. The summed E-state index contributed by atoms with van der Waals surface area (Å²) in [7, 11) is 0. The van der Waals surface area contributed by atoms with Gasteiger partial charge < -0.3 is 141 Å². The predicted molar refractivity (Wildman–Crippen MR) is 487 cm³/mol. The molecule has 0 unspecified atom stereocenters. The average Bonchev–Trinajstić information content (AvgIpc) is 1.61. The molecule has 16 amide bonds. The van der Waals surface area contributed by atoms with Gasteiger partial charge in [-0.25, -0.2) is 9.78 Å². The van der Waals surface area contributed by atoms with Gasteiger partial charge in [0.2, 0.25) is 93.7 Å². The number of phenolic OH excluding ortho intramolecular Hbond substituents is 1. The standard InChI is InChI=1S/C89H118N18O30S/c1-43(2)30-58(76(124)94-56(26-28-67(115)116)74(122)92-37-70(121)138)95-77(125)59(32-48-22-24-50(113)25-23-48)96-80(128)63(38-108)99-82(130)65(40-110)100-84(132)71(44(3)4)105-79(127)62(34-69(119)120)97-81(129)64(39-109)101-86(134)73(46(6)112)106-78(126)60(31-47-16-10-9-11-17-47)98-85(133)72(45(5)111)104-66(114)36-91-75(123)57(27-29-68(117)118)102-87(135)89(7,8)107-83(131)61(33-49-35-90-42-93-49)103-88(136)137-41-55-53-20-14-12-18-51(53)52-19-13-15-21-54(52)55/h9-25,35,42-46,55-65,71-73,108-113H,26-34,36-41H2,1-8H3,(H,90,93)(H,91,123)(H,92,122)(H,94,124)(H,95,125)(H,96,128)(H,97,129)(H,98,133)(H,99,130)(H,100,132)(H,101,134)(H,102,135)(H,103,136)(H,104,114)(H,105,127)(H,106,126)(H,107,131)(H,115,116)(H,117,118)(H,119,120)(H,121,138)/t45-,46-,56+,57+,58+,59+,60+,61+,62+,63+,64+,65+,71+,72+,73+/m1/s1. The number of rotatable bonds is 56. The molecule has 0 radical (unpaired) electrons. The van der Waals surface area contributed by atoms with Crippen molar-refractivity contribution in [1.82, 2.24) is 95.0 Å². The molecular formula is C89H118N18O30S. The number of carbonyl (C=O) groups excluding carboxylic acids is 17. The Morgan fingerprint density at radius 3 is 1.31 bits per heavy atom. The molecule has 15 atom stereocenters. The molecule has 48 nitrogen and oxygen atoms in total. The number of benzene rings is 4. The van der Waals surface area contributed by atoms with E-state index in [9.17, 15) is 142 Å². The van der Waals surface area contributed by atoms with Crippen molar-refractivity contribution in [2.75, 3.05) is 39.5 Å². The van der Waals surface area contributed by atoms with Crippen LogP contribution >= 0.6 is 12.6 Å². The second-order valence-electron chi connectivity index (χ2n) is 33.7. The van der Waals surface area contributed by atoms with Crippen molar-refractivity contribution in [3.05, 3.63) is 144 Å². The highest BCUT2D eigenvalue weighted by atomic mass is 32.1. The van der Waals surface area contributed by atoms with Crippen molar-refractivity contribution in [2.24, 2.45) is 11.8 Å². The summed E-state index contributed by atoms with van der Waals surface area (Å²) in [6.07, 6.45) is -6.82. The van der Waals surface area contributed by atoms with Gasteiger partial charge in [0.25, 0.3) is 0 Å². The molecule has 6 rings (SSSR count).